The van der Waals surface area contributed by atoms with Crippen LogP contribution in [-0.2, 0) is 4.79 Å². The summed E-state index contributed by atoms with van der Waals surface area (Å²) < 4.78 is 0. The van der Waals surface area contributed by atoms with Crippen LogP contribution in [-0.4, -0.2) is 12.5 Å². The molecule has 0 aliphatic heterocycles. The minimum absolute atomic E-state index is 0.0458. The molecule has 0 aromatic heterocycles. The summed E-state index contributed by atoms with van der Waals surface area (Å²) in [5, 5.41) is 2.70. The largest absolute Gasteiger partial charge is 0.345 e. The lowest BCUT2D eigenvalue weighted by Crippen LogP contribution is -2.19. The highest BCUT2D eigenvalue weighted by Gasteiger charge is 2.11. The Kier molecular flexibility index (Phi) is 5.63. The molecule has 0 heterocycles. The van der Waals surface area contributed by atoms with E-state index in [2.05, 4.69) is 63.1 Å². The third-order valence-electron chi connectivity index (χ3n) is 3.01. The molecule has 0 unspecified atom stereocenters. The Labute approximate surface area is 116 Å². The second-order valence-corrected chi connectivity index (χ2v) is 5.33. The maximum absolute atomic E-state index is 10.8. The first-order chi connectivity index (χ1) is 8.93. The van der Waals surface area contributed by atoms with Crippen LogP contribution in [0.15, 0.2) is 18.2 Å². The van der Waals surface area contributed by atoms with Crippen LogP contribution in [0.5, 0.6) is 0 Å². The van der Waals surface area contributed by atoms with Crippen LogP contribution in [0.25, 0.3) is 0 Å². The highest BCUT2D eigenvalue weighted by molar-refractivity contribution is 5.73. The third-order valence-corrected chi connectivity index (χ3v) is 3.01. The summed E-state index contributed by atoms with van der Waals surface area (Å²) in [5.41, 5.74) is 3.68. The molecule has 0 aliphatic carbocycles. The fourth-order valence-corrected chi connectivity index (χ4v) is 2.00. The quantitative estimate of drug-likeness (QED) is 0.826. The van der Waals surface area contributed by atoms with Crippen LogP contribution in [0.2, 0.25) is 0 Å². The second-order valence-electron chi connectivity index (χ2n) is 5.33. The van der Waals surface area contributed by atoms with E-state index in [1.807, 2.05) is 0 Å². The monoisotopic (exact) mass is 257 g/mol. The number of amides is 1. The molecule has 0 bridgehead atoms. The van der Waals surface area contributed by atoms with Gasteiger partial charge in [0.15, 0.2) is 0 Å². The minimum atomic E-state index is -0.0458. The van der Waals surface area contributed by atoms with Crippen LogP contribution < -0.4 is 5.32 Å². The Morgan fingerprint density at radius 2 is 1.68 bits per heavy atom. The number of nitrogens with one attached hydrogen (secondary N) is 1. The van der Waals surface area contributed by atoms with Crippen molar-refractivity contribution in [3.63, 3.8) is 0 Å². The van der Waals surface area contributed by atoms with Gasteiger partial charge in [-0.2, -0.15) is 0 Å². The highest BCUT2D eigenvalue weighted by atomic mass is 16.1. The molecule has 0 fully saturated rings. The Morgan fingerprint density at radius 1 is 1.16 bits per heavy atom. The summed E-state index contributed by atoms with van der Waals surface area (Å²) in [6.45, 7) is 10.6. The lowest BCUT2D eigenvalue weighted by molar-refractivity contribution is -0.118. The normalized spacial score (nSPS) is 10.3. The summed E-state index contributed by atoms with van der Waals surface area (Å²) in [7, 11) is 0. The maximum atomic E-state index is 10.8. The number of rotatable bonds is 3. The molecule has 0 spiro atoms. The molecular formula is C17H23NO. The lowest BCUT2D eigenvalue weighted by atomic mass is 9.89. The molecule has 0 saturated heterocycles. The van der Waals surface area contributed by atoms with Crippen molar-refractivity contribution in [1.29, 1.82) is 0 Å². The van der Waals surface area contributed by atoms with Gasteiger partial charge < -0.3 is 5.32 Å². The Balaban J connectivity index is 3.10. The van der Waals surface area contributed by atoms with Gasteiger partial charge in [-0.25, -0.2) is 0 Å². The fraction of sp³-hybridized carbons (Fsp3) is 0.471. The van der Waals surface area contributed by atoms with E-state index < -0.39 is 0 Å². The molecule has 1 aromatic rings. The van der Waals surface area contributed by atoms with E-state index in [0.29, 0.717) is 18.4 Å². The van der Waals surface area contributed by atoms with Gasteiger partial charge in [-0.1, -0.05) is 57.7 Å². The zero-order valence-corrected chi connectivity index (χ0v) is 12.5. The predicted molar refractivity (Wildman–Crippen MR) is 80.2 cm³/mol. The van der Waals surface area contributed by atoms with Crippen molar-refractivity contribution in [2.75, 3.05) is 6.54 Å². The first-order valence-electron chi connectivity index (χ1n) is 6.79. The van der Waals surface area contributed by atoms with Crippen molar-refractivity contribution in [2.24, 2.45) is 0 Å². The molecular weight excluding hydrogens is 234 g/mol. The fourth-order valence-electron chi connectivity index (χ4n) is 2.00. The first kappa shape index (κ1) is 15.3. The smallest absolute Gasteiger partial charge is 0.217 e. The topological polar surface area (TPSA) is 29.1 Å². The first-order valence-corrected chi connectivity index (χ1v) is 6.79. The maximum Gasteiger partial charge on any atom is 0.217 e. The molecule has 0 atom stereocenters. The standard InChI is InChI=1S/C17H23NO/c1-12(2)15-8-6-9-16(13(3)4)17(15)10-7-11-18-14(5)19/h6,8-9,12-13H,11H2,1-5H3,(H,18,19). The molecule has 102 valence electrons. The van der Waals surface area contributed by atoms with E-state index in [-0.39, 0.29) is 5.91 Å². The molecule has 2 nitrogen and oxygen atoms in total. The van der Waals surface area contributed by atoms with E-state index in [1.165, 1.54) is 18.1 Å². The SMILES string of the molecule is CC(=O)NCC#Cc1c(C(C)C)cccc1C(C)C. The van der Waals surface area contributed by atoms with Gasteiger partial charge in [-0.05, 0) is 23.0 Å². The molecule has 0 aliphatic rings. The van der Waals surface area contributed by atoms with E-state index >= 15 is 0 Å². The van der Waals surface area contributed by atoms with Gasteiger partial charge in [0.05, 0.1) is 6.54 Å². The predicted octanol–water partition coefficient (Wildman–Crippen LogP) is 3.42. The summed E-state index contributed by atoms with van der Waals surface area (Å²) in [5.74, 6) is 7.13. The number of carbonyl (C=O) groups is 1. The zero-order valence-electron chi connectivity index (χ0n) is 12.5. The number of carbonyl (C=O) groups excluding carboxylic acids is 1. The van der Waals surface area contributed by atoms with Crippen molar-refractivity contribution in [3.8, 4) is 11.8 Å². The van der Waals surface area contributed by atoms with Crippen LogP contribution in [0.4, 0.5) is 0 Å². The van der Waals surface area contributed by atoms with Gasteiger partial charge in [-0.3, -0.25) is 4.79 Å². The lowest BCUT2D eigenvalue weighted by Gasteiger charge is -2.15. The van der Waals surface area contributed by atoms with Gasteiger partial charge in [0, 0.05) is 12.5 Å². The minimum Gasteiger partial charge on any atom is -0.345 e. The Morgan fingerprint density at radius 3 is 2.11 bits per heavy atom. The van der Waals surface area contributed by atoms with Crippen molar-refractivity contribution in [3.05, 3.63) is 34.9 Å². The summed E-state index contributed by atoms with van der Waals surface area (Å²) in [4.78, 5) is 10.8. The van der Waals surface area contributed by atoms with Crippen LogP contribution in [0, 0.1) is 11.8 Å². The van der Waals surface area contributed by atoms with E-state index in [0.717, 1.165) is 5.56 Å². The van der Waals surface area contributed by atoms with Gasteiger partial charge in [0.25, 0.3) is 0 Å². The van der Waals surface area contributed by atoms with Gasteiger partial charge in [-0.15, -0.1) is 0 Å². The van der Waals surface area contributed by atoms with Crippen molar-refractivity contribution >= 4 is 5.91 Å². The number of hydrogen-bond donors (Lipinski definition) is 1. The molecule has 1 rings (SSSR count). The molecule has 19 heavy (non-hydrogen) atoms. The average molecular weight is 257 g/mol. The van der Waals surface area contributed by atoms with Gasteiger partial charge >= 0.3 is 0 Å². The number of hydrogen-bond acceptors (Lipinski definition) is 1. The summed E-state index contributed by atoms with van der Waals surface area (Å²) in [6.07, 6.45) is 0. The molecule has 1 aromatic carbocycles. The molecule has 2 heteroatoms. The van der Waals surface area contributed by atoms with Crippen molar-refractivity contribution < 1.29 is 4.79 Å². The van der Waals surface area contributed by atoms with Gasteiger partial charge in [0.1, 0.15) is 0 Å². The van der Waals surface area contributed by atoms with Crippen molar-refractivity contribution in [2.45, 2.75) is 46.5 Å². The highest BCUT2D eigenvalue weighted by Crippen LogP contribution is 2.26. The molecule has 0 saturated carbocycles. The van der Waals surface area contributed by atoms with E-state index in [9.17, 15) is 4.79 Å². The van der Waals surface area contributed by atoms with Gasteiger partial charge in [0.2, 0.25) is 5.91 Å². The molecule has 1 N–H and O–H groups in total. The third kappa shape index (κ3) is 4.44. The molecule has 1 amide bonds. The zero-order chi connectivity index (χ0) is 14.4. The van der Waals surface area contributed by atoms with Crippen LogP contribution >= 0.6 is 0 Å². The van der Waals surface area contributed by atoms with Crippen LogP contribution in [0.1, 0.15) is 63.1 Å². The average Bonchev–Trinajstić information content (AvgIpc) is 2.33. The Hall–Kier alpha value is -1.75. The summed E-state index contributed by atoms with van der Waals surface area (Å²) in [6, 6.07) is 6.38. The summed E-state index contributed by atoms with van der Waals surface area (Å²) >= 11 is 0. The second kappa shape index (κ2) is 6.99. The number of benzene rings is 1. The van der Waals surface area contributed by atoms with E-state index in [4.69, 9.17) is 0 Å². The van der Waals surface area contributed by atoms with E-state index in [1.54, 1.807) is 0 Å². The van der Waals surface area contributed by atoms with Crippen molar-refractivity contribution in [1.82, 2.24) is 5.32 Å². The Bertz CT molecular complexity index is 477. The van der Waals surface area contributed by atoms with Crippen LogP contribution in [0.3, 0.4) is 0 Å². The molecule has 0 radical (unpaired) electrons.